The Morgan fingerprint density at radius 3 is 2.76 bits per heavy atom. The molecule has 1 saturated heterocycles. The summed E-state index contributed by atoms with van der Waals surface area (Å²) in [6, 6.07) is 0. The first-order valence-electron chi connectivity index (χ1n) is 6.40. The highest BCUT2D eigenvalue weighted by atomic mass is 16.7. The van der Waals surface area contributed by atoms with Gasteiger partial charge in [-0.25, -0.2) is 4.79 Å². The predicted molar refractivity (Wildman–Crippen MR) is 67.4 cm³/mol. The maximum Gasteiger partial charge on any atom is 0.335 e. The number of carbonyl (C=O) groups excluding carboxylic acids is 1. The first-order valence-corrected chi connectivity index (χ1v) is 6.40. The molecule has 2 unspecified atom stereocenters. The number of carbonyl (C=O) groups is 1. The van der Waals surface area contributed by atoms with Crippen molar-refractivity contribution in [3.63, 3.8) is 0 Å². The van der Waals surface area contributed by atoms with E-state index in [9.17, 15) is 4.79 Å². The smallest absolute Gasteiger partial charge is 0.335 e. The fourth-order valence-corrected chi connectivity index (χ4v) is 2.13. The van der Waals surface area contributed by atoms with Gasteiger partial charge in [-0.2, -0.15) is 0 Å². The van der Waals surface area contributed by atoms with Crippen LogP contribution in [0.25, 0.3) is 0 Å². The summed E-state index contributed by atoms with van der Waals surface area (Å²) in [4.78, 5) is 11.6. The Morgan fingerprint density at radius 1 is 1.59 bits per heavy atom. The zero-order valence-corrected chi connectivity index (χ0v) is 11.4. The highest BCUT2D eigenvalue weighted by Gasteiger charge is 2.47. The molecule has 0 aliphatic carbocycles. The van der Waals surface area contributed by atoms with Crippen molar-refractivity contribution in [1.82, 2.24) is 0 Å². The van der Waals surface area contributed by atoms with Gasteiger partial charge in [0.05, 0.1) is 6.61 Å². The van der Waals surface area contributed by atoms with Crippen molar-refractivity contribution >= 4 is 5.97 Å². The van der Waals surface area contributed by atoms with Gasteiger partial charge in [-0.05, 0) is 19.3 Å². The molecule has 1 aliphatic heterocycles. The molecule has 0 aromatic rings. The van der Waals surface area contributed by atoms with Crippen LogP contribution in [0.15, 0.2) is 12.2 Å². The van der Waals surface area contributed by atoms with Gasteiger partial charge >= 0.3 is 5.97 Å². The number of unbranched alkanes of at least 4 members (excludes halogenated alkanes) is 1. The van der Waals surface area contributed by atoms with Crippen LogP contribution < -0.4 is 0 Å². The summed E-state index contributed by atoms with van der Waals surface area (Å²) in [6.45, 7) is 12.4. The van der Waals surface area contributed by atoms with Crippen LogP contribution in [0.2, 0.25) is 0 Å². The molecule has 3 nitrogen and oxygen atoms in total. The summed E-state index contributed by atoms with van der Waals surface area (Å²) in [7, 11) is 0. The molecule has 98 valence electrons. The second kappa shape index (κ2) is 5.67. The molecule has 1 heterocycles. The van der Waals surface area contributed by atoms with Crippen LogP contribution in [0, 0.1) is 11.3 Å². The third-order valence-electron chi connectivity index (χ3n) is 3.79. The van der Waals surface area contributed by atoms with Crippen LogP contribution in [0.3, 0.4) is 0 Å². The van der Waals surface area contributed by atoms with Crippen molar-refractivity contribution in [3.05, 3.63) is 12.2 Å². The van der Waals surface area contributed by atoms with Crippen LogP contribution in [0.1, 0.15) is 47.0 Å². The number of hydrogen-bond acceptors (Lipinski definition) is 3. The van der Waals surface area contributed by atoms with E-state index in [0.29, 0.717) is 18.1 Å². The van der Waals surface area contributed by atoms with Gasteiger partial charge in [0.15, 0.2) is 0 Å². The van der Waals surface area contributed by atoms with Crippen LogP contribution >= 0.6 is 0 Å². The molecule has 0 spiro atoms. The summed E-state index contributed by atoms with van der Waals surface area (Å²) in [5.74, 6) is 0.0591. The zero-order chi connectivity index (χ0) is 13.1. The van der Waals surface area contributed by atoms with E-state index in [1.165, 1.54) is 0 Å². The lowest BCUT2D eigenvalue weighted by molar-refractivity contribution is -0.182. The molecule has 1 rings (SSSR count). The topological polar surface area (TPSA) is 35.5 Å². The van der Waals surface area contributed by atoms with Gasteiger partial charge in [0.1, 0.15) is 0 Å². The molecule has 1 fully saturated rings. The standard InChI is InChI=1S/C14H24O3/c1-6-7-8-14(5)11(4)9-16-13(14)17-12(15)10(2)3/h11,13H,2,6-9H2,1,3-5H3/t11?,13?,14-/m0/s1. The average molecular weight is 240 g/mol. The summed E-state index contributed by atoms with van der Waals surface area (Å²) in [5, 5.41) is 0. The van der Waals surface area contributed by atoms with E-state index in [2.05, 4.69) is 27.4 Å². The second-order valence-electron chi connectivity index (χ2n) is 5.36. The highest BCUT2D eigenvalue weighted by molar-refractivity contribution is 5.87. The lowest BCUT2D eigenvalue weighted by atomic mass is 9.76. The number of ether oxygens (including phenoxy) is 2. The molecule has 0 saturated carbocycles. The van der Waals surface area contributed by atoms with Gasteiger partial charge in [0.2, 0.25) is 6.29 Å². The number of rotatable bonds is 5. The van der Waals surface area contributed by atoms with E-state index < -0.39 is 6.29 Å². The molecular weight excluding hydrogens is 216 g/mol. The van der Waals surface area contributed by atoms with E-state index in [0.717, 1.165) is 19.3 Å². The molecule has 0 aromatic heterocycles. The van der Waals surface area contributed by atoms with E-state index in [-0.39, 0.29) is 11.4 Å². The van der Waals surface area contributed by atoms with Crippen molar-refractivity contribution in [1.29, 1.82) is 0 Å². The van der Waals surface area contributed by atoms with Crippen LogP contribution in [0.5, 0.6) is 0 Å². The Labute approximate surface area is 104 Å². The molecule has 0 amide bonds. The fraction of sp³-hybridized carbons (Fsp3) is 0.786. The normalized spacial score (nSPS) is 32.5. The Balaban J connectivity index is 2.70. The number of esters is 1. The molecule has 3 heteroatoms. The second-order valence-corrected chi connectivity index (χ2v) is 5.36. The Hall–Kier alpha value is -0.830. The lowest BCUT2D eigenvalue weighted by Crippen LogP contribution is -2.36. The van der Waals surface area contributed by atoms with Crippen molar-refractivity contribution in [2.45, 2.75) is 53.2 Å². The fourth-order valence-electron chi connectivity index (χ4n) is 2.13. The highest BCUT2D eigenvalue weighted by Crippen LogP contribution is 2.44. The van der Waals surface area contributed by atoms with Gasteiger partial charge < -0.3 is 9.47 Å². The van der Waals surface area contributed by atoms with Crippen molar-refractivity contribution in [3.8, 4) is 0 Å². The minimum Gasteiger partial charge on any atom is -0.432 e. The third kappa shape index (κ3) is 3.09. The van der Waals surface area contributed by atoms with Gasteiger partial charge in [0.25, 0.3) is 0 Å². The van der Waals surface area contributed by atoms with Gasteiger partial charge in [0, 0.05) is 11.0 Å². The van der Waals surface area contributed by atoms with Crippen LogP contribution in [0.4, 0.5) is 0 Å². The van der Waals surface area contributed by atoms with Crippen molar-refractivity contribution < 1.29 is 14.3 Å². The summed E-state index contributed by atoms with van der Waals surface area (Å²) < 4.78 is 11.0. The predicted octanol–water partition coefficient (Wildman–Crippen LogP) is 3.29. The maximum atomic E-state index is 11.6. The molecule has 0 radical (unpaired) electrons. The quantitative estimate of drug-likeness (QED) is 0.546. The van der Waals surface area contributed by atoms with Crippen LogP contribution in [-0.4, -0.2) is 18.9 Å². The SMILES string of the molecule is C=C(C)C(=O)OC1OCC(C)[C@]1(C)CCCC. The molecule has 0 N–H and O–H groups in total. The number of hydrogen-bond donors (Lipinski definition) is 0. The molecular formula is C14H24O3. The Morgan fingerprint density at radius 2 is 2.24 bits per heavy atom. The third-order valence-corrected chi connectivity index (χ3v) is 3.79. The first-order chi connectivity index (χ1) is 7.91. The van der Waals surface area contributed by atoms with E-state index >= 15 is 0 Å². The zero-order valence-electron chi connectivity index (χ0n) is 11.4. The minimum atomic E-state index is -0.423. The van der Waals surface area contributed by atoms with Gasteiger partial charge in [-0.15, -0.1) is 0 Å². The van der Waals surface area contributed by atoms with E-state index in [4.69, 9.17) is 9.47 Å². The molecule has 0 bridgehead atoms. The summed E-state index contributed by atoms with van der Waals surface area (Å²) >= 11 is 0. The molecule has 0 aromatic carbocycles. The molecule has 3 atom stereocenters. The van der Waals surface area contributed by atoms with Crippen LogP contribution in [-0.2, 0) is 14.3 Å². The molecule has 1 aliphatic rings. The van der Waals surface area contributed by atoms with Crippen molar-refractivity contribution in [2.24, 2.45) is 11.3 Å². The monoisotopic (exact) mass is 240 g/mol. The van der Waals surface area contributed by atoms with E-state index in [1.54, 1.807) is 6.92 Å². The summed E-state index contributed by atoms with van der Waals surface area (Å²) in [6.07, 6.45) is 2.88. The van der Waals surface area contributed by atoms with Gasteiger partial charge in [-0.1, -0.05) is 40.2 Å². The molecule has 17 heavy (non-hydrogen) atoms. The van der Waals surface area contributed by atoms with E-state index in [1.807, 2.05) is 0 Å². The summed E-state index contributed by atoms with van der Waals surface area (Å²) in [5.41, 5.74) is 0.354. The maximum absolute atomic E-state index is 11.6. The van der Waals surface area contributed by atoms with Crippen molar-refractivity contribution in [2.75, 3.05) is 6.61 Å². The first kappa shape index (κ1) is 14.2. The Bertz CT molecular complexity index is 298. The van der Waals surface area contributed by atoms with Gasteiger partial charge in [-0.3, -0.25) is 0 Å². The minimum absolute atomic E-state index is 0.0683. The average Bonchev–Trinajstić information content (AvgIpc) is 2.55. The Kier molecular flexibility index (Phi) is 4.75. The lowest BCUT2D eigenvalue weighted by Gasteiger charge is -2.32. The largest absolute Gasteiger partial charge is 0.432 e.